The Morgan fingerprint density at radius 1 is 1.38 bits per heavy atom. The number of Topliss-reactive ketones (excluding diaryl/α,β-unsaturated/α-hetero) is 1. The molecule has 3 nitrogen and oxygen atoms in total. The highest BCUT2D eigenvalue weighted by molar-refractivity contribution is 5.77. The Bertz CT molecular complexity index is 203. The molecule has 0 spiro atoms. The van der Waals surface area contributed by atoms with Crippen LogP contribution in [0.1, 0.15) is 32.6 Å². The summed E-state index contributed by atoms with van der Waals surface area (Å²) in [6.45, 7) is 2.23. The van der Waals surface area contributed by atoms with E-state index in [1.165, 1.54) is 0 Å². The van der Waals surface area contributed by atoms with Crippen molar-refractivity contribution in [2.24, 2.45) is 0 Å². The SMILES string of the molecule is CC(=O)CN1C2CCC1CC(O)C2. The first-order chi connectivity index (χ1) is 6.16. The van der Waals surface area contributed by atoms with Gasteiger partial charge in [-0.15, -0.1) is 0 Å². The lowest BCUT2D eigenvalue weighted by Crippen LogP contribution is -2.46. The lowest BCUT2D eigenvalue weighted by Gasteiger charge is -2.36. The molecule has 2 atom stereocenters. The maximum Gasteiger partial charge on any atom is 0.143 e. The zero-order chi connectivity index (χ0) is 9.42. The molecule has 2 bridgehead atoms. The molecule has 2 fully saturated rings. The third-order valence-corrected chi connectivity index (χ3v) is 3.26. The molecule has 2 saturated heterocycles. The topological polar surface area (TPSA) is 40.5 Å². The van der Waals surface area contributed by atoms with Gasteiger partial charge in [0.25, 0.3) is 0 Å². The van der Waals surface area contributed by atoms with Crippen LogP contribution in [0.15, 0.2) is 0 Å². The molecule has 2 aliphatic rings. The number of aliphatic hydroxyl groups is 1. The molecule has 0 aromatic rings. The zero-order valence-electron chi connectivity index (χ0n) is 8.07. The van der Waals surface area contributed by atoms with E-state index in [2.05, 4.69) is 4.90 Å². The van der Waals surface area contributed by atoms with Crippen LogP contribution in [0.2, 0.25) is 0 Å². The lowest BCUT2D eigenvalue weighted by molar-refractivity contribution is -0.119. The number of fused-ring (bicyclic) bond motifs is 2. The smallest absolute Gasteiger partial charge is 0.143 e. The van der Waals surface area contributed by atoms with Gasteiger partial charge in [-0.1, -0.05) is 0 Å². The predicted octanol–water partition coefficient (Wildman–Crippen LogP) is 0.563. The molecule has 3 heteroatoms. The summed E-state index contributed by atoms with van der Waals surface area (Å²) in [6.07, 6.45) is 3.93. The average Bonchev–Trinajstić information content (AvgIpc) is 2.32. The van der Waals surface area contributed by atoms with Gasteiger partial charge in [0.15, 0.2) is 0 Å². The van der Waals surface area contributed by atoms with Gasteiger partial charge >= 0.3 is 0 Å². The van der Waals surface area contributed by atoms with E-state index in [0.717, 1.165) is 25.7 Å². The standard InChI is InChI=1S/C10H17NO2/c1-7(12)6-11-8-2-3-9(11)5-10(13)4-8/h8-10,13H,2-6H2,1H3. The monoisotopic (exact) mass is 183 g/mol. The highest BCUT2D eigenvalue weighted by Gasteiger charge is 2.40. The molecule has 2 unspecified atom stereocenters. The molecule has 0 radical (unpaired) electrons. The quantitative estimate of drug-likeness (QED) is 0.680. The number of aliphatic hydroxyl groups excluding tert-OH is 1. The average molecular weight is 183 g/mol. The van der Waals surface area contributed by atoms with Crippen LogP contribution in [0.25, 0.3) is 0 Å². The van der Waals surface area contributed by atoms with Crippen molar-refractivity contribution in [3.05, 3.63) is 0 Å². The van der Waals surface area contributed by atoms with E-state index in [-0.39, 0.29) is 11.9 Å². The molecule has 0 aromatic carbocycles. The molecule has 1 N–H and O–H groups in total. The summed E-state index contributed by atoms with van der Waals surface area (Å²) >= 11 is 0. The van der Waals surface area contributed by atoms with Crippen LogP contribution in [0, 0.1) is 0 Å². The molecule has 0 amide bonds. The Kier molecular flexibility index (Phi) is 2.39. The molecule has 0 aromatic heterocycles. The van der Waals surface area contributed by atoms with Crippen molar-refractivity contribution in [1.29, 1.82) is 0 Å². The number of ketones is 1. The van der Waals surface area contributed by atoms with Gasteiger partial charge < -0.3 is 5.11 Å². The fourth-order valence-corrected chi connectivity index (χ4v) is 2.76. The van der Waals surface area contributed by atoms with Crippen LogP contribution in [0.4, 0.5) is 0 Å². The van der Waals surface area contributed by atoms with Gasteiger partial charge in [0.2, 0.25) is 0 Å². The molecule has 2 heterocycles. The van der Waals surface area contributed by atoms with Gasteiger partial charge in [0.05, 0.1) is 12.6 Å². The molecule has 74 valence electrons. The van der Waals surface area contributed by atoms with Gasteiger partial charge in [-0.25, -0.2) is 0 Å². The summed E-state index contributed by atoms with van der Waals surface area (Å²) in [5, 5.41) is 9.53. The Morgan fingerprint density at radius 3 is 2.38 bits per heavy atom. The Balaban J connectivity index is 2.02. The van der Waals surface area contributed by atoms with Gasteiger partial charge in [-0.2, -0.15) is 0 Å². The van der Waals surface area contributed by atoms with Crippen molar-refractivity contribution in [3.8, 4) is 0 Å². The molecule has 13 heavy (non-hydrogen) atoms. The Morgan fingerprint density at radius 2 is 1.92 bits per heavy atom. The van der Waals surface area contributed by atoms with E-state index in [1.54, 1.807) is 6.92 Å². The first-order valence-electron chi connectivity index (χ1n) is 5.10. The second-order valence-electron chi connectivity index (χ2n) is 4.38. The molecular formula is C10H17NO2. The molecule has 2 aliphatic heterocycles. The van der Waals surface area contributed by atoms with Gasteiger partial charge in [-0.05, 0) is 32.6 Å². The summed E-state index contributed by atoms with van der Waals surface area (Å²) in [5.74, 6) is 0.244. The number of carbonyl (C=O) groups excluding carboxylic acids is 1. The third-order valence-electron chi connectivity index (χ3n) is 3.26. The van der Waals surface area contributed by atoms with Crippen molar-refractivity contribution >= 4 is 5.78 Å². The lowest BCUT2D eigenvalue weighted by atomic mass is 10.00. The van der Waals surface area contributed by atoms with E-state index in [1.807, 2.05) is 0 Å². The third kappa shape index (κ3) is 1.76. The van der Waals surface area contributed by atoms with Gasteiger partial charge in [0.1, 0.15) is 5.78 Å². The number of rotatable bonds is 2. The minimum Gasteiger partial charge on any atom is -0.393 e. The van der Waals surface area contributed by atoms with Crippen LogP contribution >= 0.6 is 0 Å². The second kappa shape index (κ2) is 3.39. The summed E-state index contributed by atoms with van der Waals surface area (Å²) in [4.78, 5) is 13.3. The zero-order valence-corrected chi connectivity index (χ0v) is 8.07. The van der Waals surface area contributed by atoms with E-state index in [9.17, 15) is 9.90 Å². The van der Waals surface area contributed by atoms with Crippen LogP contribution in [-0.2, 0) is 4.79 Å². The van der Waals surface area contributed by atoms with Crippen LogP contribution in [0.5, 0.6) is 0 Å². The van der Waals surface area contributed by atoms with Crippen molar-refractivity contribution in [3.63, 3.8) is 0 Å². The van der Waals surface area contributed by atoms with Crippen molar-refractivity contribution < 1.29 is 9.90 Å². The minimum absolute atomic E-state index is 0.124. The number of nitrogens with zero attached hydrogens (tertiary/aromatic N) is 1. The van der Waals surface area contributed by atoms with E-state index >= 15 is 0 Å². The summed E-state index contributed by atoms with van der Waals surface area (Å²) in [6, 6.07) is 0.940. The number of carbonyl (C=O) groups is 1. The second-order valence-corrected chi connectivity index (χ2v) is 4.38. The summed E-state index contributed by atoms with van der Waals surface area (Å²) in [7, 11) is 0. The van der Waals surface area contributed by atoms with E-state index in [0.29, 0.717) is 18.6 Å². The minimum atomic E-state index is -0.124. The predicted molar refractivity (Wildman–Crippen MR) is 49.4 cm³/mol. The normalized spacial score (nSPS) is 39.4. The number of piperidine rings is 1. The fourth-order valence-electron chi connectivity index (χ4n) is 2.76. The van der Waals surface area contributed by atoms with E-state index in [4.69, 9.17) is 0 Å². The van der Waals surface area contributed by atoms with Crippen molar-refractivity contribution in [2.45, 2.75) is 50.8 Å². The van der Waals surface area contributed by atoms with Crippen LogP contribution in [0.3, 0.4) is 0 Å². The van der Waals surface area contributed by atoms with E-state index < -0.39 is 0 Å². The fraction of sp³-hybridized carbons (Fsp3) is 0.900. The molecule has 0 saturated carbocycles. The van der Waals surface area contributed by atoms with Crippen LogP contribution in [-0.4, -0.2) is 40.5 Å². The van der Waals surface area contributed by atoms with Gasteiger partial charge in [0, 0.05) is 12.1 Å². The first kappa shape index (κ1) is 9.16. The van der Waals surface area contributed by atoms with Gasteiger partial charge in [-0.3, -0.25) is 9.69 Å². The maximum absolute atomic E-state index is 11.0. The molecule has 2 rings (SSSR count). The largest absolute Gasteiger partial charge is 0.393 e. The number of hydrogen-bond acceptors (Lipinski definition) is 3. The highest BCUT2D eigenvalue weighted by Crippen LogP contribution is 2.35. The first-order valence-corrected chi connectivity index (χ1v) is 5.10. The maximum atomic E-state index is 11.0. The Hall–Kier alpha value is -0.410. The highest BCUT2D eigenvalue weighted by atomic mass is 16.3. The molecule has 0 aliphatic carbocycles. The summed E-state index contributed by atoms with van der Waals surface area (Å²) in [5.41, 5.74) is 0. The number of hydrogen-bond donors (Lipinski definition) is 1. The van der Waals surface area contributed by atoms with Crippen molar-refractivity contribution in [1.82, 2.24) is 4.90 Å². The van der Waals surface area contributed by atoms with Crippen LogP contribution < -0.4 is 0 Å². The van der Waals surface area contributed by atoms with Crippen molar-refractivity contribution in [2.75, 3.05) is 6.54 Å². The molecular weight excluding hydrogens is 166 g/mol. The Labute approximate surface area is 78.7 Å². The summed E-state index contributed by atoms with van der Waals surface area (Å²) < 4.78 is 0.